The van der Waals surface area contributed by atoms with Gasteiger partial charge in [0, 0.05) is 15.6 Å². The Bertz CT molecular complexity index is 1400. The molecule has 2 fully saturated rings. The smallest absolute Gasteiger partial charge is 0.241 e. The summed E-state index contributed by atoms with van der Waals surface area (Å²) < 4.78 is 12.2. The number of methoxy groups -OCH3 is 1. The van der Waals surface area contributed by atoms with E-state index in [4.69, 9.17) is 9.47 Å². The average molecular weight is 532 g/mol. The van der Waals surface area contributed by atoms with E-state index in [1.807, 2.05) is 6.07 Å². The molecule has 0 saturated carbocycles. The molecule has 2 amide bonds. The van der Waals surface area contributed by atoms with Crippen molar-refractivity contribution in [3.63, 3.8) is 0 Å². The molecule has 1 aliphatic carbocycles. The standard InChI is InChI=1S/C27H18BrNO6/c1-34-17-11-9-16(10-12-17)29-25(32)20-21(26(29)33)27(35-22(20)14-5-4-6-15(28)13-14)23(30)18-7-2-3-8-19(18)24(27)31/h2-13,20-22H,1H3/t20-,21-,22+/m0/s1. The first-order valence-electron chi connectivity index (χ1n) is 11.0. The van der Waals surface area contributed by atoms with Crippen LogP contribution in [0.3, 0.4) is 0 Å². The number of hydrogen-bond acceptors (Lipinski definition) is 6. The second-order valence-corrected chi connectivity index (χ2v) is 9.66. The Hall–Kier alpha value is -3.62. The molecule has 0 unspecified atom stereocenters. The van der Waals surface area contributed by atoms with Gasteiger partial charge >= 0.3 is 0 Å². The van der Waals surface area contributed by atoms with Gasteiger partial charge in [-0.2, -0.15) is 0 Å². The number of anilines is 1. The van der Waals surface area contributed by atoms with Crippen molar-refractivity contribution in [1.29, 1.82) is 0 Å². The van der Waals surface area contributed by atoms with Gasteiger partial charge in [-0.3, -0.25) is 19.2 Å². The molecule has 3 atom stereocenters. The highest BCUT2D eigenvalue weighted by Crippen LogP contribution is 2.57. The highest BCUT2D eigenvalue weighted by atomic mass is 79.9. The van der Waals surface area contributed by atoms with Crippen LogP contribution in [0.2, 0.25) is 0 Å². The number of hydrogen-bond donors (Lipinski definition) is 0. The number of ether oxygens (including phenoxy) is 2. The van der Waals surface area contributed by atoms with Crippen LogP contribution >= 0.6 is 15.9 Å². The molecule has 2 aliphatic heterocycles. The molecule has 8 heteroatoms. The fourth-order valence-electron chi connectivity index (χ4n) is 5.49. The second-order valence-electron chi connectivity index (χ2n) is 8.75. The van der Waals surface area contributed by atoms with E-state index in [1.54, 1.807) is 66.7 Å². The SMILES string of the molecule is COc1ccc(N2C(=O)[C@@H]3[C@@H](c4cccc(Br)c4)OC4(C(=O)c5ccccc5C4=O)[C@@H]3C2=O)cc1. The minimum atomic E-state index is -2.09. The molecule has 1 spiro atoms. The summed E-state index contributed by atoms with van der Waals surface area (Å²) in [6.45, 7) is 0. The van der Waals surface area contributed by atoms with E-state index < -0.39 is 46.9 Å². The van der Waals surface area contributed by atoms with Gasteiger partial charge in [-0.25, -0.2) is 4.90 Å². The van der Waals surface area contributed by atoms with Crippen LogP contribution in [0.15, 0.2) is 77.3 Å². The molecule has 2 heterocycles. The van der Waals surface area contributed by atoms with E-state index in [-0.39, 0.29) is 11.1 Å². The van der Waals surface area contributed by atoms with E-state index in [0.29, 0.717) is 17.0 Å². The first-order valence-corrected chi connectivity index (χ1v) is 11.8. The number of carbonyl (C=O) groups is 4. The normalized spacial score (nSPS) is 24.3. The van der Waals surface area contributed by atoms with Crippen LogP contribution < -0.4 is 9.64 Å². The lowest BCUT2D eigenvalue weighted by Crippen LogP contribution is -2.51. The zero-order valence-electron chi connectivity index (χ0n) is 18.4. The molecule has 3 aromatic rings. The number of rotatable bonds is 3. The Morgan fingerprint density at radius 2 is 1.51 bits per heavy atom. The van der Waals surface area contributed by atoms with Gasteiger partial charge in [-0.15, -0.1) is 0 Å². The first kappa shape index (κ1) is 21.9. The Morgan fingerprint density at radius 1 is 0.857 bits per heavy atom. The quantitative estimate of drug-likeness (QED) is 0.372. The predicted molar refractivity (Wildman–Crippen MR) is 128 cm³/mol. The van der Waals surface area contributed by atoms with E-state index >= 15 is 0 Å². The van der Waals surface area contributed by atoms with Gasteiger partial charge in [-0.05, 0) is 42.0 Å². The van der Waals surface area contributed by atoms with Crippen LogP contribution in [-0.2, 0) is 14.3 Å². The molecule has 2 saturated heterocycles. The summed E-state index contributed by atoms with van der Waals surface area (Å²) in [6, 6.07) is 20.0. The molecule has 6 rings (SSSR count). The summed E-state index contributed by atoms with van der Waals surface area (Å²) in [7, 11) is 1.52. The third kappa shape index (κ3) is 2.87. The summed E-state index contributed by atoms with van der Waals surface area (Å²) in [6.07, 6.45) is -0.959. The van der Waals surface area contributed by atoms with E-state index in [9.17, 15) is 19.2 Å². The van der Waals surface area contributed by atoms with Crippen LogP contribution in [0.25, 0.3) is 0 Å². The fourth-order valence-corrected chi connectivity index (χ4v) is 5.90. The zero-order chi connectivity index (χ0) is 24.5. The van der Waals surface area contributed by atoms with Gasteiger partial charge in [-0.1, -0.05) is 52.3 Å². The number of amides is 2. The van der Waals surface area contributed by atoms with Gasteiger partial charge in [0.2, 0.25) is 29.0 Å². The van der Waals surface area contributed by atoms with Crippen LogP contribution in [0.5, 0.6) is 5.75 Å². The lowest BCUT2D eigenvalue weighted by atomic mass is 9.77. The van der Waals surface area contributed by atoms with Gasteiger partial charge < -0.3 is 9.47 Å². The second kappa shape index (κ2) is 7.69. The maximum absolute atomic E-state index is 13.9. The third-order valence-electron chi connectivity index (χ3n) is 7.03. The van der Waals surface area contributed by atoms with Crippen LogP contribution in [0.4, 0.5) is 5.69 Å². The molecule has 0 N–H and O–H groups in total. The molecule has 3 aromatic carbocycles. The minimum Gasteiger partial charge on any atom is -0.497 e. The average Bonchev–Trinajstić information content (AvgIpc) is 3.44. The van der Waals surface area contributed by atoms with Crippen molar-refractivity contribution in [1.82, 2.24) is 0 Å². The molecular weight excluding hydrogens is 514 g/mol. The highest BCUT2D eigenvalue weighted by Gasteiger charge is 2.74. The van der Waals surface area contributed by atoms with Crippen molar-refractivity contribution in [2.75, 3.05) is 12.0 Å². The first-order chi connectivity index (χ1) is 16.9. The van der Waals surface area contributed by atoms with Crippen molar-refractivity contribution in [2.24, 2.45) is 11.8 Å². The van der Waals surface area contributed by atoms with E-state index in [1.165, 1.54) is 7.11 Å². The summed E-state index contributed by atoms with van der Waals surface area (Å²) in [5, 5.41) is 0. The number of benzene rings is 3. The number of nitrogens with zero attached hydrogens (tertiary/aromatic N) is 1. The molecule has 174 valence electrons. The molecular formula is C27H18BrNO6. The van der Waals surface area contributed by atoms with Crippen molar-refractivity contribution < 1.29 is 28.7 Å². The van der Waals surface area contributed by atoms with Gasteiger partial charge in [0.15, 0.2) is 0 Å². The lowest BCUT2D eigenvalue weighted by Gasteiger charge is -2.27. The highest BCUT2D eigenvalue weighted by molar-refractivity contribution is 9.10. The summed E-state index contributed by atoms with van der Waals surface area (Å²) in [5.41, 5.74) is -0.743. The Morgan fingerprint density at radius 3 is 2.11 bits per heavy atom. The van der Waals surface area contributed by atoms with Crippen molar-refractivity contribution in [2.45, 2.75) is 11.7 Å². The largest absolute Gasteiger partial charge is 0.497 e. The Labute approximate surface area is 208 Å². The minimum absolute atomic E-state index is 0.203. The third-order valence-corrected chi connectivity index (χ3v) is 7.52. The molecule has 0 bridgehead atoms. The van der Waals surface area contributed by atoms with E-state index in [2.05, 4.69) is 15.9 Å². The van der Waals surface area contributed by atoms with Crippen molar-refractivity contribution >= 4 is 45.0 Å². The number of carbonyl (C=O) groups excluding carboxylic acids is 4. The van der Waals surface area contributed by atoms with E-state index in [0.717, 1.165) is 9.37 Å². The number of ketones is 2. The van der Waals surface area contributed by atoms with Crippen molar-refractivity contribution in [3.05, 3.63) is 94.0 Å². The molecule has 0 radical (unpaired) electrons. The molecule has 0 aromatic heterocycles. The topological polar surface area (TPSA) is 90.0 Å². The van der Waals surface area contributed by atoms with Gasteiger partial charge in [0.05, 0.1) is 30.7 Å². The predicted octanol–water partition coefficient (Wildman–Crippen LogP) is 4.15. The summed E-state index contributed by atoms with van der Waals surface area (Å²) in [5.74, 6) is -4.06. The summed E-state index contributed by atoms with van der Waals surface area (Å²) >= 11 is 3.43. The maximum Gasteiger partial charge on any atom is 0.241 e. The van der Waals surface area contributed by atoms with Gasteiger partial charge in [0.1, 0.15) is 5.75 Å². The number of halogens is 1. The van der Waals surface area contributed by atoms with Crippen LogP contribution in [-0.4, -0.2) is 36.1 Å². The number of imide groups is 1. The molecule has 35 heavy (non-hydrogen) atoms. The number of Topliss-reactive ketones (excluding diaryl/α,β-unsaturated/α-hetero) is 2. The Kier molecular flexibility index (Phi) is 4.81. The maximum atomic E-state index is 13.9. The monoisotopic (exact) mass is 531 g/mol. The molecule has 3 aliphatic rings. The number of fused-ring (bicyclic) bond motifs is 3. The molecule has 7 nitrogen and oxygen atoms in total. The Balaban J connectivity index is 1.53. The van der Waals surface area contributed by atoms with Crippen LogP contribution in [0, 0.1) is 11.8 Å². The zero-order valence-corrected chi connectivity index (χ0v) is 20.0. The van der Waals surface area contributed by atoms with Crippen molar-refractivity contribution in [3.8, 4) is 5.75 Å². The summed E-state index contributed by atoms with van der Waals surface area (Å²) in [4.78, 5) is 56.2. The fraction of sp³-hybridized carbons (Fsp3) is 0.185. The lowest BCUT2D eigenvalue weighted by molar-refractivity contribution is -0.127. The van der Waals surface area contributed by atoms with Gasteiger partial charge in [0.25, 0.3) is 0 Å². The van der Waals surface area contributed by atoms with Crippen LogP contribution in [0.1, 0.15) is 32.4 Å².